The van der Waals surface area contributed by atoms with Gasteiger partial charge in [-0.25, -0.2) is 9.78 Å². The summed E-state index contributed by atoms with van der Waals surface area (Å²) in [6.45, 7) is 4.35. The van der Waals surface area contributed by atoms with Crippen LogP contribution in [0.3, 0.4) is 0 Å². The third-order valence-electron chi connectivity index (χ3n) is 2.94. The summed E-state index contributed by atoms with van der Waals surface area (Å²) in [6.07, 6.45) is 2.40. The lowest BCUT2D eigenvalue weighted by Gasteiger charge is -2.29. The molecule has 1 fully saturated rings. The summed E-state index contributed by atoms with van der Waals surface area (Å²) in [5, 5.41) is 2.70. The number of carbonyl (C=O) groups excluding carboxylic acids is 1. The van der Waals surface area contributed by atoms with Crippen molar-refractivity contribution in [2.24, 2.45) is 5.92 Å². The topological polar surface area (TPSA) is 42.4 Å². The third-order valence-corrected chi connectivity index (χ3v) is 3.84. The highest BCUT2D eigenvalue weighted by atomic mass is 32.1. The van der Waals surface area contributed by atoms with Crippen LogP contribution in [0.1, 0.15) is 30.3 Å². The van der Waals surface area contributed by atoms with E-state index in [9.17, 15) is 4.79 Å². The first-order valence-corrected chi connectivity index (χ1v) is 6.37. The van der Waals surface area contributed by atoms with Gasteiger partial charge in [-0.15, -0.1) is 11.3 Å². The molecule has 0 aliphatic carbocycles. The van der Waals surface area contributed by atoms with Gasteiger partial charge in [-0.1, -0.05) is 6.92 Å². The summed E-state index contributed by atoms with van der Waals surface area (Å²) in [6, 6.07) is 0. The van der Waals surface area contributed by atoms with E-state index in [0.29, 0.717) is 5.69 Å². The minimum absolute atomic E-state index is 0.354. The highest BCUT2D eigenvalue weighted by Gasteiger charge is 2.19. The van der Waals surface area contributed by atoms with Crippen molar-refractivity contribution in [2.75, 3.05) is 25.1 Å². The van der Waals surface area contributed by atoms with E-state index in [1.807, 2.05) is 0 Å². The first-order valence-electron chi connectivity index (χ1n) is 5.49. The quantitative estimate of drug-likeness (QED) is 0.743. The number of esters is 1. The van der Waals surface area contributed by atoms with Crippen molar-refractivity contribution < 1.29 is 9.53 Å². The summed E-state index contributed by atoms with van der Waals surface area (Å²) < 4.78 is 4.64. The highest BCUT2D eigenvalue weighted by molar-refractivity contribution is 7.13. The average Bonchev–Trinajstić information content (AvgIpc) is 2.78. The fourth-order valence-electron chi connectivity index (χ4n) is 1.81. The fraction of sp³-hybridized carbons (Fsp3) is 0.636. The Morgan fingerprint density at radius 1 is 1.56 bits per heavy atom. The van der Waals surface area contributed by atoms with Gasteiger partial charge in [0.25, 0.3) is 0 Å². The van der Waals surface area contributed by atoms with E-state index in [-0.39, 0.29) is 5.97 Å². The Kier molecular flexibility index (Phi) is 3.43. The standard InChI is InChI=1S/C11H16N2O2S/c1-8-3-5-13(6-4-8)11-12-9(7-16-11)10(14)15-2/h7-8H,3-6H2,1-2H3. The molecule has 0 radical (unpaired) electrons. The first kappa shape index (κ1) is 11.4. The van der Waals surface area contributed by atoms with E-state index >= 15 is 0 Å². The van der Waals surface area contributed by atoms with Gasteiger partial charge >= 0.3 is 5.97 Å². The molecule has 1 aromatic heterocycles. The van der Waals surface area contributed by atoms with E-state index in [0.717, 1.165) is 24.1 Å². The van der Waals surface area contributed by atoms with Gasteiger partial charge < -0.3 is 9.64 Å². The molecule has 0 aromatic carbocycles. The van der Waals surface area contributed by atoms with Gasteiger partial charge in [0.15, 0.2) is 10.8 Å². The number of hydrogen-bond donors (Lipinski definition) is 0. The van der Waals surface area contributed by atoms with E-state index in [1.54, 1.807) is 5.38 Å². The Balaban J connectivity index is 2.04. The van der Waals surface area contributed by atoms with Crippen molar-refractivity contribution in [3.63, 3.8) is 0 Å². The zero-order valence-corrected chi connectivity index (χ0v) is 10.4. The monoisotopic (exact) mass is 240 g/mol. The van der Waals surface area contributed by atoms with Gasteiger partial charge in [-0.2, -0.15) is 0 Å². The van der Waals surface area contributed by atoms with Crippen LogP contribution in [0.15, 0.2) is 5.38 Å². The zero-order chi connectivity index (χ0) is 11.5. The number of carbonyl (C=O) groups is 1. The molecule has 5 heteroatoms. The molecule has 2 rings (SSSR count). The lowest BCUT2D eigenvalue weighted by Crippen LogP contribution is -2.32. The maximum absolute atomic E-state index is 11.3. The number of aromatic nitrogens is 1. The Bertz CT molecular complexity index is 370. The second kappa shape index (κ2) is 4.82. The molecule has 1 aromatic rings. The molecule has 0 unspecified atom stereocenters. The van der Waals surface area contributed by atoms with Crippen molar-refractivity contribution in [3.05, 3.63) is 11.1 Å². The number of methoxy groups -OCH3 is 1. The molecule has 16 heavy (non-hydrogen) atoms. The highest BCUT2D eigenvalue weighted by Crippen LogP contribution is 2.26. The number of nitrogens with zero attached hydrogens (tertiary/aromatic N) is 2. The van der Waals surface area contributed by atoms with E-state index in [4.69, 9.17) is 0 Å². The van der Waals surface area contributed by atoms with Crippen LogP contribution in [-0.2, 0) is 4.74 Å². The van der Waals surface area contributed by atoms with Gasteiger partial charge in [0.2, 0.25) is 0 Å². The van der Waals surface area contributed by atoms with Crippen LogP contribution in [-0.4, -0.2) is 31.2 Å². The average molecular weight is 240 g/mol. The molecule has 0 saturated carbocycles. The Morgan fingerprint density at radius 3 is 2.88 bits per heavy atom. The molecule has 0 bridgehead atoms. The predicted molar refractivity (Wildman–Crippen MR) is 64.1 cm³/mol. The van der Waals surface area contributed by atoms with E-state index in [1.165, 1.54) is 31.3 Å². The molecule has 0 amide bonds. The predicted octanol–water partition coefficient (Wildman–Crippen LogP) is 2.17. The van der Waals surface area contributed by atoms with Crippen LogP contribution in [0.4, 0.5) is 5.13 Å². The summed E-state index contributed by atoms with van der Waals surface area (Å²) in [7, 11) is 1.38. The van der Waals surface area contributed by atoms with Crippen LogP contribution in [0.2, 0.25) is 0 Å². The Morgan fingerprint density at radius 2 is 2.25 bits per heavy atom. The van der Waals surface area contributed by atoms with Crippen molar-refractivity contribution in [2.45, 2.75) is 19.8 Å². The molecule has 0 spiro atoms. The second-order valence-electron chi connectivity index (χ2n) is 4.18. The summed E-state index contributed by atoms with van der Waals surface area (Å²) in [5.41, 5.74) is 0.418. The number of ether oxygens (including phenoxy) is 1. The zero-order valence-electron chi connectivity index (χ0n) is 9.60. The van der Waals surface area contributed by atoms with Crippen molar-refractivity contribution in [1.29, 1.82) is 0 Å². The fourth-order valence-corrected chi connectivity index (χ4v) is 2.66. The minimum atomic E-state index is -0.354. The second-order valence-corrected chi connectivity index (χ2v) is 5.01. The van der Waals surface area contributed by atoms with Crippen molar-refractivity contribution in [3.8, 4) is 0 Å². The molecule has 1 aliphatic rings. The number of piperidine rings is 1. The van der Waals surface area contributed by atoms with Crippen LogP contribution in [0.25, 0.3) is 0 Å². The maximum Gasteiger partial charge on any atom is 0.357 e. The molecule has 1 saturated heterocycles. The maximum atomic E-state index is 11.3. The smallest absolute Gasteiger partial charge is 0.357 e. The van der Waals surface area contributed by atoms with Crippen LogP contribution in [0, 0.1) is 5.92 Å². The number of anilines is 1. The number of rotatable bonds is 2. The van der Waals surface area contributed by atoms with Crippen molar-refractivity contribution >= 4 is 22.4 Å². The van der Waals surface area contributed by atoms with Gasteiger partial charge in [-0.05, 0) is 18.8 Å². The molecule has 1 aliphatic heterocycles. The summed E-state index contributed by atoms with van der Waals surface area (Å²) in [4.78, 5) is 17.8. The lowest BCUT2D eigenvalue weighted by atomic mass is 10.00. The van der Waals surface area contributed by atoms with Crippen molar-refractivity contribution in [1.82, 2.24) is 4.98 Å². The first-order chi connectivity index (χ1) is 7.70. The van der Waals surface area contributed by atoms with E-state index in [2.05, 4.69) is 21.5 Å². The van der Waals surface area contributed by atoms with Crippen LogP contribution < -0.4 is 4.90 Å². The molecule has 2 heterocycles. The number of hydrogen-bond acceptors (Lipinski definition) is 5. The largest absolute Gasteiger partial charge is 0.464 e. The molecule has 4 nitrogen and oxygen atoms in total. The Hall–Kier alpha value is -1.10. The van der Waals surface area contributed by atoms with Crippen LogP contribution in [0.5, 0.6) is 0 Å². The summed E-state index contributed by atoms with van der Waals surface area (Å²) >= 11 is 1.51. The molecule has 0 atom stereocenters. The normalized spacial score (nSPS) is 17.5. The number of thiazole rings is 1. The molecular formula is C11H16N2O2S. The molecular weight excluding hydrogens is 224 g/mol. The SMILES string of the molecule is COC(=O)c1csc(N2CCC(C)CC2)n1. The van der Waals surface area contributed by atoms with Gasteiger partial charge in [0, 0.05) is 18.5 Å². The van der Waals surface area contributed by atoms with E-state index < -0.39 is 0 Å². The Labute approximate surface area is 99.2 Å². The molecule has 88 valence electrons. The minimum Gasteiger partial charge on any atom is -0.464 e. The lowest BCUT2D eigenvalue weighted by molar-refractivity contribution is 0.0595. The van der Waals surface area contributed by atoms with Gasteiger partial charge in [0.1, 0.15) is 0 Å². The third kappa shape index (κ3) is 2.35. The van der Waals surface area contributed by atoms with Gasteiger partial charge in [-0.3, -0.25) is 0 Å². The summed E-state index contributed by atoms with van der Waals surface area (Å²) in [5.74, 6) is 0.448. The molecule has 0 N–H and O–H groups in total. The van der Waals surface area contributed by atoms with Gasteiger partial charge in [0.05, 0.1) is 7.11 Å². The van der Waals surface area contributed by atoms with Crippen LogP contribution >= 0.6 is 11.3 Å².